The van der Waals surface area contributed by atoms with E-state index in [1.54, 1.807) is 11.0 Å². The second-order valence-electron chi connectivity index (χ2n) is 6.11. The van der Waals surface area contributed by atoms with Gasteiger partial charge in [0.1, 0.15) is 12.7 Å². The highest BCUT2D eigenvalue weighted by Gasteiger charge is 2.35. The Morgan fingerprint density at radius 2 is 1.88 bits per heavy atom. The van der Waals surface area contributed by atoms with Crippen molar-refractivity contribution in [1.82, 2.24) is 14.8 Å². The number of benzene rings is 1. The van der Waals surface area contributed by atoms with Crippen LogP contribution in [0.15, 0.2) is 36.9 Å². The van der Waals surface area contributed by atoms with Gasteiger partial charge in [0.25, 0.3) is 0 Å². The molecule has 3 rings (SSSR count). The molecule has 0 radical (unpaired) electrons. The number of nitrogens with one attached hydrogen (secondary N) is 1. The molecule has 0 unspecified atom stereocenters. The first-order valence-corrected chi connectivity index (χ1v) is 8.08. The van der Waals surface area contributed by atoms with Crippen molar-refractivity contribution in [2.75, 3.05) is 5.32 Å². The summed E-state index contributed by atoms with van der Waals surface area (Å²) in [5, 5.41) is 16.2. The summed E-state index contributed by atoms with van der Waals surface area (Å²) >= 11 is 0. The Bertz CT molecular complexity index is 697. The van der Waals surface area contributed by atoms with E-state index in [9.17, 15) is 14.7 Å². The van der Waals surface area contributed by atoms with E-state index in [1.807, 2.05) is 24.3 Å². The minimum atomic E-state index is -0.877. The van der Waals surface area contributed by atoms with Crippen LogP contribution in [0, 0.1) is 11.8 Å². The lowest BCUT2D eigenvalue weighted by Crippen LogP contribution is -2.36. The fourth-order valence-corrected chi connectivity index (χ4v) is 3.17. The molecule has 1 heterocycles. The van der Waals surface area contributed by atoms with Crippen LogP contribution < -0.4 is 5.32 Å². The first-order valence-electron chi connectivity index (χ1n) is 8.08. The maximum atomic E-state index is 12.4. The van der Waals surface area contributed by atoms with E-state index < -0.39 is 17.8 Å². The monoisotopic (exact) mass is 328 g/mol. The zero-order valence-corrected chi connectivity index (χ0v) is 13.3. The quantitative estimate of drug-likeness (QED) is 0.876. The molecule has 24 heavy (non-hydrogen) atoms. The van der Waals surface area contributed by atoms with Crippen molar-refractivity contribution in [3.63, 3.8) is 0 Å². The smallest absolute Gasteiger partial charge is 0.307 e. The molecule has 0 spiro atoms. The van der Waals surface area contributed by atoms with Crippen LogP contribution in [0.3, 0.4) is 0 Å². The van der Waals surface area contributed by atoms with E-state index >= 15 is 0 Å². The lowest BCUT2D eigenvalue weighted by atomic mass is 9.78. The Labute approximate surface area is 139 Å². The third kappa shape index (κ3) is 3.79. The Morgan fingerprint density at radius 1 is 1.17 bits per heavy atom. The van der Waals surface area contributed by atoms with Gasteiger partial charge >= 0.3 is 5.97 Å². The number of carbonyl (C=O) groups is 2. The maximum Gasteiger partial charge on any atom is 0.307 e. The van der Waals surface area contributed by atoms with Crippen molar-refractivity contribution >= 4 is 17.6 Å². The summed E-state index contributed by atoms with van der Waals surface area (Å²) in [6.45, 7) is 0.609. The van der Waals surface area contributed by atoms with Crippen LogP contribution in [0.1, 0.15) is 31.2 Å². The molecule has 7 nitrogen and oxygen atoms in total. The summed E-state index contributed by atoms with van der Waals surface area (Å²) in [5.74, 6) is -2.11. The third-order valence-corrected chi connectivity index (χ3v) is 4.45. The fraction of sp³-hybridized carbons (Fsp3) is 0.412. The molecule has 1 aliphatic rings. The van der Waals surface area contributed by atoms with Gasteiger partial charge in [-0.25, -0.2) is 9.67 Å². The molecule has 1 fully saturated rings. The predicted molar refractivity (Wildman–Crippen MR) is 87.3 cm³/mol. The average Bonchev–Trinajstić information content (AvgIpc) is 3.09. The van der Waals surface area contributed by atoms with Gasteiger partial charge in [0.15, 0.2) is 0 Å². The van der Waals surface area contributed by atoms with Gasteiger partial charge in [-0.1, -0.05) is 25.0 Å². The van der Waals surface area contributed by atoms with Gasteiger partial charge in [0, 0.05) is 5.69 Å². The molecule has 126 valence electrons. The number of nitrogens with zero attached hydrogens (tertiary/aromatic N) is 3. The molecular formula is C17H20N4O3. The first-order chi connectivity index (χ1) is 11.6. The SMILES string of the molecule is O=C(O)[C@@H]1CCCC[C@H]1C(=O)Nc1ccc(Cn2cncn2)cc1. The minimum absolute atomic E-state index is 0.203. The number of hydrogen-bond donors (Lipinski definition) is 2. The van der Waals surface area contributed by atoms with E-state index in [-0.39, 0.29) is 5.91 Å². The van der Waals surface area contributed by atoms with Gasteiger partial charge in [-0.15, -0.1) is 0 Å². The van der Waals surface area contributed by atoms with Crippen molar-refractivity contribution in [3.05, 3.63) is 42.5 Å². The van der Waals surface area contributed by atoms with Gasteiger partial charge in [0.05, 0.1) is 18.4 Å². The van der Waals surface area contributed by atoms with Crippen molar-refractivity contribution in [2.45, 2.75) is 32.2 Å². The predicted octanol–water partition coefficient (Wildman–Crippen LogP) is 2.16. The molecule has 1 saturated carbocycles. The molecule has 1 amide bonds. The maximum absolute atomic E-state index is 12.4. The van der Waals surface area contributed by atoms with Crippen molar-refractivity contribution in [2.24, 2.45) is 11.8 Å². The second-order valence-corrected chi connectivity index (χ2v) is 6.11. The molecule has 7 heteroatoms. The summed E-state index contributed by atoms with van der Waals surface area (Å²) in [7, 11) is 0. The second kappa shape index (κ2) is 7.25. The number of aliphatic carboxylic acids is 1. The Hall–Kier alpha value is -2.70. The Morgan fingerprint density at radius 3 is 2.50 bits per heavy atom. The zero-order valence-electron chi connectivity index (χ0n) is 13.3. The van der Waals surface area contributed by atoms with E-state index in [1.165, 1.54) is 6.33 Å². The largest absolute Gasteiger partial charge is 0.481 e. The molecule has 1 aromatic carbocycles. The molecule has 1 aliphatic carbocycles. The number of anilines is 1. The zero-order chi connectivity index (χ0) is 16.9. The van der Waals surface area contributed by atoms with E-state index in [2.05, 4.69) is 15.4 Å². The number of amides is 1. The van der Waals surface area contributed by atoms with Crippen LogP contribution in [0.2, 0.25) is 0 Å². The number of carboxylic acid groups (broad SMARTS) is 1. The fourth-order valence-electron chi connectivity index (χ4n) is 3.17. The topological polar surface area (TPSA) is 97.1 Å². The van der Waals surface area contributed by atoms with E-state index in [0.29, 0.717) is 25.1 Å². The number of rotatable bonds is 5. The lowest BCUT2D eigenvalue weighted by molar-refractivity contribution is -0.147. The highest BCUT2D eigenvalue weighted by atomic mass is 16.4. The number of aromatic nitrogens is 3. The summed E-state index contributed by atoms with van der Waals surface area (Å²) in [5.41, 5.74) is 1.72. The number of hydrogen-bond acceptors (Lipinski definition) is 4. The summed E-state index contributed by atoms with van der Waals surface area (Å²) < 4.78 is 1.72. The van der Waals surface area contributed by atoms with Crippen LogP contribution in [-0.2, 0) is 16.1 Å². The van der Waals surface area contributed by atoms with Gasteiger partial charge < -0.3 is 10.4 Å². The van der Waals surface area contributed by atoms with Crippen molar-refractivity contribution in [3.8, 4) is 0 Å². The molecule has 0 bridgehead atoms. The van der Waals surface area contributed by atoms with Crippen LogP contribution in [-0.4, -0.2) is 31.7 Å². The lowest BCUT2D eigenvalue weighted by Gasteiger charge is -2.27. The summed E-state index contributed by atoms with van der Waals surface area (Å²) in [6, 6.07) is 7.46. The average molecular weight is 328 g/mol. The highest BCUT2D eigenvalue weighted by Crippen LogP contribution is 2.31. The molecule has 2 atom stereocenters. The minimum Gasteiger partial charge on any atom is -0.481 e. The molecule has 1 aromatic heterocycles. The van der Waals surface area contributed by atoms with Crippen LogP contribution >= 0.6 is 0 Å². The highest BCUT2D eigenvalue weighted by molar-refractivity contribution is 5.95. The Balaban J connectivity index is 1.62. The van der Waals surface area contributed by atoms with E-state index in [0.717, 1.165) is 18.4 Å². The van der Waals surface area contributed by atoms with Crippen molar-refractivity contribution < 1.29 is 14.7 Å². The number of carboxylic acids is 1. The van der Waals surface area contributed by atoms with Gasteiger partial charge in [-0.2, -0.15) is 5.10 Å². The number of carbonyl (C=O) groups excluding carboxylic acids is 1. The molecule has 0 saturated heterocycles. The molecule has 2 N–H and O–H groups in total. The molecule has 2 aromatic rings. The normalized spacial score (nSPS) is 20.5. The van der Waals surface area contributed by atoms with Crippen molar-refractivity contribution in [1.29, 1.82) is 0 Å². The first kappa shape index (κ1) is 16.2. The van der Waals surface area contributed by atoms with Gasteiger partial charge in [-0.05, 0) is 30.5 Å². The van der Waals surface area contributed by atoms with E-state index in [4.69, 9.17) is 0 Å². The summed E-state index contributed by atoms with van der Waals surface area (Å²) in [6.07, 6.45) is 6.11. The van der Waals surface area contributed by atoms with Crippen LogP contribution in [0.5, 0.6) is 0 Å². The molecule has 0 aliphatic heterocycles. The third-order valence-electron chi connectivity index (χ3n) is 4.45. The Kier molecular flexibility index (Phi) is 4.88. The molecular weight excluding hydrogens is 308 g/mol. The standard InChI is InChI=1S/C17H20N4O3/c22-16(14-3-1-2-4-15(14)17(23)24)20-13-7-5-12(6-8-13)9-21-11-18-10-19-21/h5-8,10-11,14-15H,1-4,9H2,(H,20,22)(H,23,24)/t14-,15-/m1/s1. The van der Waals surface area contributed by atoms with Gasteiger partial charge in [0.2, 0.25) is 5.91 Å². The van der Waals surface area contributed by atoms with Crippen LogP contribution in [0.25, 0.3) is 0 Å². The summed E-state index contributed by atoms with van der Waals surface area (Å²) in [4.78, 5) is 27.6. The van der Waals surface area contributed by atoms with Gasteiger partial charge in [-0.3, -0.25) is 9.59 Å². The van der Waals surface area contributed by atoms with Crippen LogP contribution in [0.4, 0.5) is 5.69 Å².